The predicted octanol–water partition coefficient (Wildman–Crippen LogP) is 2.64. The minimum absolute atomic E-state index is 0. The van der Waals surface area contributed by atoms with E-state index in [0.717, 1.165) is 55.8 Å². The summed E-state index contributed by atoms with van der Waals surface area (Å²) >= 11 is 0. The first kappa shape index (κ1) is 20.7. The van der Waals surface area contributed by atoms with Crippen LogP contribution < -0.4 is 5.32 Å². The van der Waals surface area contributed by atoms with E-state index < -0.39 is 0 Å². The standard InChI is InChI=1S/C18H23N5O.2ClH/c1-2-16-15(12-21-23(16)17-5-3-4-9-20-17)18(24)22-13-6-7-14(22)11-19-10-8-13;;/h3-5,9,12-14,19H,2,6-8,10-11H2,1H3;2*1H. The molecule has 0 saturated carbocycles. The second-order valence-electron chi connectivity index (χ2n) is 6.55. The summed E-state index contributed by atoms with van der Waals surface area (Å²) < 4.78 is 1.80. The van der Waals surface area contributed by atoms with Gasteiger partial charge in [0.1, 0.15) is 0 Å². The largest absolute Gasteiger partial charge is 0.331 e. The van der Waals surface area contributed by atoms with Crippen LogP contribution in [-0.2, 0) is 6.42 Å². The smallest absolute Gasteiger partial charge is 0.257 e. The number of carbonyl (C=O) groups is 1. The molecule has 2 saturated heterocycles. The summed E-state index contributed by atoms with van der Waals surface area (Å²) in [6.45, 7) is 3.96. The van der Waals surface area contributed by atoms with Crippen LogP contribution >= 0.6 is 24.8 Å². The number of halogens is 2. The first-order valence-corrected chi connectivity index (χ1v) is 8.81. The molecule has 4 rings (SSSR count). The number of pyridine rings is 1. The highest BCUT2D eigenvalue weighted by molar-refractivity contribution is 5.96. The fourth-order valence-electron chi connectivity index (χ4n) is 4.02. The van der Waals surface area contributed by atoms with E-state index in [0.29, 0.717) is 12.1 Å². The Hall–Kier alpha value is -1.63. The molecule has 2 aliphatic heterocycles. The SMILES string of the molecule is CCc1c(C(=O)N2C3CCNCC2CC3)cnn1-c1ccccn1.Cl.Cl. The number of nitrogens with one attached hydrogen (secondary N) is 1. The fraction of sp³-hybridized carbons (Fsp3) is 0.500. The maximum Gasteiger partial charge on any atom is 0.257 e. The molecule has 2 aromatic rings. The molecule has 2 unspecified atom stereocenters. The van der Waals surface area contributed by atoms with Gasteiger partial charge < -0.3 is 10.2 Å². The molecule has 2 bridgehead atoms. The van der Waals surface area contributed by atoms with Crippen molar-refractivity contribution in [1.82, 2.24) is 25.0 Å². The van der Waals surface area contributed by atoms with Crippen LogP contribution in [0.1, 0.15) is 42.2 Å². The van der Waals surface area contributed by atoms with Gasteiger partial charge in [-0.05, 0) is 44.4 Å². The van der Waals surface area contributed by atoms with Gasteiger partial charge in [-0.2, -0.15) is 5.10 Å². The van der Waals surface area contributed by atoms with Crippen molar-refractivity contribution in [3.8, 4) is 5.82 Å². The van der Waals surface area contributed by atoms with E-state index in [4.69, 9.17) is 0 Å². The van der Waals surface area contributed by atoms with Crippen molar-refractivity contribution in [2.24, 2.45) is 0 Å². The zero-order valence-electron chi connectivity index (χ0n) is 14.8. The van der Waals surface area contributed by atoms with Gasteiger partial charge in [-0.1, -0.05) is 13.0 Å². The van der Waals surface area contributed by atoms with Gasteiger partial charge in [0.05, 0.1) is 17.5 Å². The Morgan fingerprint density at radius 2 is 2.04 bits per heavy atom. The Bertz CT molecular complexity index is 722. The molecule has 0 aromatic carbocycles. The lowest BCUT2D eigenvalue weighted by Crippen LogP contribution is -2.42. The topological polar surface area (TPSA) is 63.1 Å². The Labute approximate surface area is 166 Å². The molecular weight excluding hydrogens is 373 g/mol. The molecule has 6 nitrogen and oxygen atoms in total. The highest BCUT2D eigenvalue weighted by Gasteiger charge is 2.39. The lowest BCUT2D eigenvalue weighted by molar-refractivity contribution is 0.0679. The minimum atomic E-state index is 0. The highest BCUT2D eigenvalue weighted by atomic mass is 35.5. The number of hydrogen-bond acceptors (Lipinski definition) is 4. The molecular formula is C18H25Cl2N5O. The Kier molecular flexibility index (Phi) is 7.03. The molecule has 0 aliphatic carbocycles. The molecule has 2 fully saturated rings. The van der Waals surface area contributed by atoms with Gasteiger partial charge >= 0.3 is 0 Å². The fourth-order valence-corrected chi connectivity index (χ4v) is 4.02. The van der Waals surface area contributed by atoms with Crippen molar-refractivity contribution in [1.29, 1.82) is 0 Å². The third kappa shape index (κ3) is 3.59. The summed E-state index contributed by atoms with van der Waals surface area (Å²) in [4.78, 5) is 19.7. The highest BCUT2D eigenvalue weighted by Crippen LogP contribution is 2.30. The number of rotatable bonds is 3. The van der Waals surface area contributed by atoms with Crippen LogP contribution in [0.3, 0.4) is 0 Å². The van der Waals surface area contributed by atoms with Gasteiger partial charge in [0.25, 0.3) is 5.91 Å². The van der Waals surface area contributed by atoms with Crippen molar-refractivity contribution >= 4 is 30.7 Å². The predicted molar refractivity (Wildman–Crippen MR) is 106 cm³/mol. The van der Waals surface area contributed by atoms with Crippen molar-refractivity contribution in [2.75, 3.05) is 13.1 Å². The van der Waals surface area contributed by atoms with Gasteiger partial charge in [-0.25, -0.2) is 9.67 Å². The molecule has 2 aromatic heterocycles. The Balaban J connectivity index is 0.00000121. The average Bonchev–Trinajstić information content (AvgIpc) is 3.14. The van der Waals surface area contributed by atoms with E-state index in [2.05, 4.69) is 27.2 Å². The van der Waals surface area contributed by atoms with Gasteiger partial charge in [-0.3, -0.25) is 4.79 Å². The first-order chi connectivity index (χ1) is 11.8. The summed E-state index contributed by atoms with van der Waals surface area (Å²) in [5.41, 5.74) is 1.66. The number of nitrogens with zero attached hydrogens (tertiary/aromatic N) is 4. The second kappa shape index (κ2) is 8.84. The maximum absolute atomic E-state index is 13.3. The summed E-state index contributed by atoms with van der Waals surface area (Å²) in [5, 5.41) is 7.91. The van der Waals surface area contributed by atoms with Crippen LogP contribution in [-0.4, -0.2) is 50.7 Å². The van der Waals surface area contributed by atoms with E-state index in [1.165, 1.54) is 0 Å². The number of hydrogen-bond donors (Lipinski definition) is 1. The van der Waals surface area contributed by atoms with Crippen LogP contribution in [0, 0.1) is 0 Å². The van der Waals surface area contributed by atoms with E-state index in [9.17, 15) is 4.79 Å². The van der Waals surface area contributed by atoms with Crippen LogP contribution in [0.25, 0.3) is 5.82 Å². The van der Waals surface area contributed by atoms with E-state index in [1.54, 1.807) is 17.1 Å². The normalized spacial score (nSPS) is 21.5. The van der Waals surface area contributed by atoms with Gasteiger partial charge in [-0.15, -0.1) is 24.8 Å². The number of carbonyl (C=O) groups excluding carboxylic acids is 1. The van der Waals surface area contributed by atoms with Crippen molar-refractivity contribution in [3.63, 3.8) is 0 Å². The number of amides is 1. The Morgan fingerprint density at radius 3 is 2.77 bits per heavy atom. The zero-order valence-corrected chi connectivity index (χ0v) is 16.4. The minimum Gasteiger partial charge on any atom is -0.331 e. The molecule has 0 radical (unpaired) electrons. The van der Waals surface area contributed by atoms with Gasteiger partial charge in [0.2, 0.25) is 0 Å². The molecule has 26 heavy (non-hydrogen) atoms. The van der Waals surface area contributed by atoms with Crippen molar-refractivity contribution in [2.45, 2.75) is 44.7 Å². The molecule has 1 amide bonds. The first-order valence-electron chi connectivity index (χ1n) is 8.81. The summed E-state index contributed by atoms with van der Waals surface area (Å²) in [6, 6.07) is 6.41. The number of fused-ring (bicyclic) bond motifs is 2. The van der Waals surface area contributed by atoms with E-state index >= 15 is 0 Å². The molecule has 4 heterocycles. The van der Waals surface area contributed by atoms with Crippen LogP contribution in [0.2, 0.25) is 0 Å². The number of aromatic nitrogens is 3. The molecule has 0 spiro atoms. The zero-order chi connectivity index (χ0) is 16.5. The van der Waals surface area contributed by atoms with Crippen LogP contribution in [0.15, 0.2) is 30.6 Å². The molecule has 8 heteroatoms. The van der Waals surface area contributed by atoms with E-state index in [1.807, 2.05) is 18.2 Å². The molecule has 2 atom stereocenters. The van der Waals surface area contributed by atoms with Crippen molar-refractivity contribution < 1.29 is 4.79 Å². The summed E-state index contributed by atoms with van der Waals surface area (Å²) in [5.74, 6) is 0.888. The molecule has 1 N–H and O–H groups in total. The van der Waals surface area contributed by atoms with Gasteiger partial charge in [0.15, 0.2) is 5.82 Å². The summed E-state index contributed by atoms with van der Waals surface area (Å²) in [7, 11) is 0. The Morgan fingerprint density at radius 1 is 1.23 bits per heavy atom. The third-order valence-corrected chi connectivity index (χ3v) is 5.19. The van der Waals surface area contributed by atoms with Crippen molar-refractivity contribution in [3.05, 3.63) is 41.9 Å². The second-order valence-corrected chi connectivity index (χ2v) is 6.55. The quantitative estimate of drug-likeness (QED) is 0.864. The van der Waals surface area contributed by atoms with Gasteiger partial charge in [0, 0.05) is 24.8 Å². The lowest BCUT2D eigenvalue weighted by atomic mass is 10.1. The van der Waals surface area contributed by atoms with E-state index in [-0.39, 0.29) is 30.7 Å². The third-order valence-electron chi connectivity index (χ3n) is 5.19. The summed E-state index contributed by atoms with van der Waals surface area (Å²) in [6.07, 6.45) is 7.47. The lowest BCUT2D eigenvalue weighted by Gasteiger charge is -2.27. The average molecular weight is 398 g/mol. The van der Waals surface area contributed by atoms with Crippen LogP contribution in [0.4, 0.5) is 0 Å². The molecule has 142 valence electrons. The molecule has 2 aliphatic rings. The van der Waals surface area contributed by atoms with Crippen LogP contribution in [0.5, 0.6) is 0 Å². The maximum atomic E-state index is 13.3. The monoisotopic (exact) mass is 397 g/mol.